The molecule has 2 aliphatic rings. The van der Waals surface area contributed by atoms with E-state index in [0.29, 0.717) is 23.6 Å². The van der Waals surface area contributed by atoms with Gasteiger partial charge in [-0.05, 0) is 30.5 Å². The molecule has 1 saturated carbocycles. The van der Waals surface area contributed by atoms with Crippen LogP contribution in [0, 0.1) is 0 Å². The lowest BCUT2D eigenvalue weighted by atomic mass is 10.0. The van der Waals surface area contributed by atoms with Crippen LogP contribution in [0.1, 0.15) is 37.3 Å². The van der Waals surface area contributed by atoms with Gasteiger partial charge in [-0.25, -0.2) is 0 Å². The van der Waals surface area contributed by atoms with E-state index in [1.807, 2.05) is 12.1 Å². The average Bonchev–Trinajstić information content (AvgIpc) is 3.01. The standard InChI is InChI=1S/C14H18ClN3O/c15-11-7-9(5-6-13(11)19)12-8-17-14(16)18(12)10-3-1-2-4-10/h5-7,10,12,19H,1-4,8H2,(H2,16,17). The van der Waals surface area contributed by atoms with E-state index < -0.39 is 0 Å². The smallest absolute Gasteiger partial charge is 0.192 e. The summed E-state index contributed by atoms with van der Waals surface area (Å²) in [5.74, 6) is 0.755. The van der Waals surface area contributed by atoms with E-state index in [1.165, 1.54) is 25.7 Å². The SMILES string of the molecule is NC1=NCC(c2ccc(O)c(Cl)c2)N1C1CCCC1. The third-order valence-electron chi connectivity index (χ3n) is 4.10. The van der Waals surface area contributed by atoms with Crippen LogP contribution in [-0.4, -0.2) is 28.6 Å². The second-order valence-corrected chi connectivity index (χ2v) is 5.68. The molecule has 0 aromatic heterocycles. The summed E-state index contributed by atoms with van der Waals surface area (Å²) < 4.78 is 0. The van der Waals surface area contributed by atoms with Gasteiger partial charge in [0.1, 0.15) is 5.75 Å². The van der Waals surface area contributed by atoms with E-state index in [4.69, 9.17) is 17.3 Å². The van der Waals surface area contributed by atoms with Crippen molar-refractivity contribution in [1.29, 1.82) is 0 Å². The van der Waals surface area contributed by atoms with Crippen molar-refractivity contribution in [2.24, 2.45) is 10.7 Å². The maximum absolute atomic E-state index is 9.52. The number of benzene rings is 1. The molecule has 0 bridgehead atoms. The van der Waals surface area contributed by atoms with Crippen molar-refractivity contribution >= 4 is 17.6 Å². The Morgan fingerprint density at radius 2 is 2.05 bits per heavy atom. The molecule has 102 valence electrons. The number of aliphatic imine (C=N–C) groups is 1. The molecule has 19 heavy (non-hydrogen) atoms. The quantitative estimate of drug-likeness (QED) is 0.875. The van der Waals surface area contributed by atoms with Gasteiger partial charge in [0.05, 0.1) is 17.6 Å². The average molecular weight is 280 g/mol. The van der Waals surface area contributed by atoms with Crippen LogP contribution in [0.3, 0.4) is 0 Å². The molecule has 1 unspecified atom stereocenters. The molecule has 1 aliphatic carbocycles. The summed E-state index contributed by atoms with van der Waals surface area (Å²) in [6.45, 7) is 0.670. The van der Waals surface area contributed by atoms with E-state index in [2.05, 4.69) is 9.89 Å². The minimum absolute atomic E-state index is 0.115. The maximum atomic E-state index is 9.52. The van der Waals surface area contributed by atoms with Gasteiger partial charge >= 0.3 is 0 Å². The second kappa shape index (κ2) is 4.93. The van der Waals surface area contributed by atoms with Crippen LogP contribution in [0.15, 0.2) is 23.2 Å². The normalized spacial score (nSPS) is 23.9. The van der Waals surface area contributed by atoms with Gasteiger partial charge < -0.3 is 15.7 Å². The van der Waals surface area contributed by atoms with E-state index >= 15 is 0 Å². The minimum Gasteiger partial charge on any atom is -0.506 e. The molecule has 1 heterocycles. The van der Waals surface area contributed by atoms with E-state index in [-0.39, 0.29) is 11.8 Å². The van der Waals surface area contributed by atoms with Crippen molar-refractivity contribution in [2.75, 3.05) is 6.54 Å². The maximum Gasteiger partial charge on any atom is 0.192 e. The molecule has 1 aromatic carbocycles. The summed E-state index contributed by atoms with van der Waals surface area (Å²) >= 11 is 6.00. The molecule has 1 aromatic rings. The number of hydrogen-bond donors (Lipinski definition) is 2. The van der Waals surface area contributed by atoms with Crippen LogP contribution < -0.4 is 5.73 Å². The molecule has 3 N–H and O–H groups in total. The number of halogens is 1. The molecule has 0 amide bonds. The first-order chi connectivity index (χ1) is 9.16. The van der Waals surface area contributed by atoms with E-state index in [0.717, 1.165) is 5.56 Å². The Morgan fingerprint density at radius 1 is 1.32 bits per heavy atom. The summed E-state index contributed by atoms with van der Waals surface area (Å²) in [6.07, 6.45) is 4.88. The zero-order valence-electron chi connectivity index (χ0n) is 10.7. The number of phenols is 1. The summed E-state index contributed by atoms with van der Waals surface area (Å²) in [5, 5.41) is 9.90. The zero-order chi connectivity index (χ0) is 13.4. The molecule has 0 spiro atoms. The molecule has 0 saturated heterocycles. The number of nitrogens with zero attached hydrogens (tertiary/aromatic N) is 2. The molecular formula is C14H18ClN3O. The molecule has 1 aliphatic heterocycles. The number of phenolic OH excluding ortho intramolecular Hbond substituents is 1. The number of aromatic hydroxyl groups is 1. The fourth-order valence-electron chi connectivity index (χ4n) is 3.13. The monoisotopic (exact) mass is 279 g/mol. The lowest BCUT2D eigenvalue weighted by Gasteiger charge is -2.32. The van der Waals surface area contributed by atoms with Crippen LogP contribution in [0.5, 0.6) is 5.75 Å². The Morgan fingerprint density at radius 3 is 2.74 bits per heavy atom. The van der Waals surface area contributed by atoms with Gasteiger partial charge in [0.2, 0.25) is 0 Å². The van der Waals surface area contributed by atoms with Gasteiger partial charge in [-0.2, -0.15) is 0 Å². The van der Waals surface area contributed by atoms with Crippen LogP contribution >= 0.6 is 11.6 Å². The Balaban J connectivity index is 1.88. The van der Waals surface area contributed by atoms with Crippen LogP contribution in [0.4, 0.5) is 0 Å². The molecule has 3 rings (SSSR count). The molecule has 1 atom stereocenters. The van der Waals surface area contributed by atoms with Crippen LogP contribution in [0.2, 0.25) is 5.02 Å². The highest BCUT2D eigenvalue weighted by atomic mass is 35.5. The van der Waals surface area contributed by atoms with Gasteiger partial charge in [-0.1, -0.05) is 30.5 Å². The van der Waals surface area contributed by atoms with Gasteiger partial charge in [0, 0.05) is 6.04 Å². The highest BCUT2D eigenvalue weighted by Crippen LogP contribution is 2.36. The second-order valence-electron chi connectivity index (χ2n) is 5.27. The predicted molar refractivity (Wildman–Crippen MR) is 76.4 cm³/mol. The molecular weight excluding hydrogens is 262 g/mol. The number of guanidine groups is 1. The highest BCUT2D eigenvalue weighted by Gasteiger charge is 2.34. The Bertz CT molecular complexity index is 511. The predicted octanol–water partition coefficient (Wildman–Crippen LogP) is 2.66. The summed E-state index contributed by atoms with van der Waals surface area (Å²) in [5.41, 5.74) is 7.12. The van der Waals surface area contributed by atoms with Crippen molar-refractivity contribution < 1.29 is 5.11 Å². The first-order valence-electron chi connectivity index (χ1n) is 6.73. The highest BCUT2D eigenvalue weighted by molar-refractivity contribution is 6.32. The summed E-state index contributed by atoms with van der Waals surface area (Å²) in [6, 6.07) is 6.00. The first kappa shape index (κ1) is 12.6. The fourth-order valence-corrected chi connectivity index (χ4v) is 3.32. The van der Waals surface area contributed by atoms with Crippen molar-refractivity contribution in [3.05, 3.63) is 28.8 Å². The largest absolute Gasteiger partial charge is 0.506 e. The minimum atomic E-state index is 0.115. The molecule has 0 radical (unpaired) electrons. The number of nitrogens with two attached hydrogens (primary N) is 1. The van der Waals surface area contributed by atoms with E-state index in [1.54, 1.807) is 6.07 Å². The summed E-state index contributed by atoms with van der Waals surface area (Å²) in [7, 11) is 0. The van der Waals surface area contributed by atoms with Gasteiger partial charge in [-0.15, -0.1) is 0 Å². The van der Waals surface area contributed by atoms with Crippen molar-refractivity contribution in [1.82, 2.24) is 4.90 Å². The third kappa shape index (κ3) is 2.25. The summed E-state index contributed by atoms with van der Waals surface area (Å²) in [4.78, 5) is 6.62. The fraction of sp³-hybridized carbons (Fsp3) is 0.500. The van der Waals surface area contributed by atoms with Gasteiger partial charge in [0.25, 0.3) is 0 Å². The van der Waals surface area contributed by atoms with E-state index in [9.17, 15) is 5.11 Å². The third-order valence-corrected chi connectivity index (χ3v) is 4.40. The van der Waals surface area contributed by atoms with Crippen molar-refractivity contribution in [2.45, 2.75) is 37.8 Å². The first-order valence-corrected chi connectivity index (χ1v) is 7.11. The molecule has 1 fully saturated rings. The topological polar surface area (TPSA) is 61.9 Å². The lowest BCUT2D eigenvalue weighted by Crippen LogP contribution is -2.42. The Hall–Kier alpha value is -1.42. The van der Waals surface area contributed by atoms with Crippen molar-refractivity contribution in [3.8, 4) is 5.75 Å². The number of rotatable bonds is 2. The van der Waals surface area contributed by atoms with Gasteiger partial charge in [0.15, 0.2) is 5.96 Å². The lowest BCUT2D eigenvalue weighted by molar-refractivity contribution is 0.262. The van der Waals surface area contributed by atoms with Crippen molar-refractivity contribution in [3.63, 3.8) is 0 Å². The van der Waals surface area contributed by atoms with Crippen LogP contribution in [-0.2, 0) is 0 Å². The van der Waals surface area contributed by atoms with Gasteiger partial charge in [-0.3, -0.25) is 4.99 Å². The Kier molecular flexibility index (Phi) is 3.27. The zero-order valence-corrected chi connectivity index (χ0v) is 11.5. The molecule has 4 nitrogen and oxygen atoms in total. The van der Waals surface area contributed by atoms with Crippen LogP contribution in [0.25, 0.3) is 0 Å². The molecule has 5 heteroatoms. The number of hydrogen-bond acceptors (Lipinski definition) is 4. The Labute approximate surface area is 117 Å².